The molecule has 3 rings (SSSR count). The number of rotatable bonds is 8. The molecule has 150 valence electrons. The molecule has 28 heavy (non-hydrogen) atoms. The number of nitrogens with zero attached hydrogens (tertiary/aromatic N) is 3. The maximum Gasteiger partial charge on any atom is 0.419 e. The Bertz CT molecular complexity index is 1150. The second-order valence-electron chi connectivity index (χ2n) is 6.10. The minimum atomic E-state index is -3.73. The molecule has 11 heteroatoms. The van der Waals surface area contributed by atoms with Crippen molar-refractivity contribution in [2.45, 2.75) is 18.7 Å². The summed E-state index contributed by atoms with van der Waals surface area (Å²) in [5, 5.41) is 6.18. The largest absolute Gasteiger partial charge is 0.419 e. The molecule has 0 saturated carbocycles. The number of nitrogens with one attached hydrogen (secondary N) is 3. The van der Waals surface area contributed by atoms with E-state index >= 15 is 0 Å². The molecule has 0 saturated heterocycles. The first-order valence-corrected chi connectivity index (χ1v) is 10.2. The van der Waals surface area contributed by atoms with Crippen molar-refractivity contribution in [2.75, 3.05) is 30.3 Å². The number of hydrogen-bond donors (Lipinski definition) is 3. The van der Waals surface area contributed by atoms with Crippen LogP contribution in [0.3, 0.4) is 0 Å². The van der Waals surface area contributed by atoms with E-state index in [0.29, 0.717) is 35.1 Å². The van der Waals surface area contributed by atoms with Crippen molar-refractivity contribution in [3.8, 4) is 0 Å². The Balaban J connectivity index is 1.64. The average molecular weight is 406 g/mol. The van der Waals surface area contributed by atoms with Crippen molar-refractivity contribution in [3.63, 3.8) is 0 Å². The van der Waals surface area contributed by atoms with Gasteiger partial charge in [0.25, 0.3) is 0 Å². The topological polar surface area (TPSA) is 131 Å². The second-order valence-corrected chi connectivity index (χ2v) is 7.86. The first-order valence-electron chi connectivity index (χ1n) is 8.73. The fourth-order valence-corrected chi connectivity index (χ4v) is 3.71. The summed E-state index contributed by atoms with van der Waals surface area (Å²) in [6.45, 7) is 4.99. The summed E-state index contributed by atoms with van der Waals surface area (Å²) in [5.74, 6) is 1.38. The quantitative estimate of drug-likeness (QED) is 0.473. The van der Waals surface area contributed by atoms with E-state index in [1.165, 1.54) is 29.8 Å². The molecule has 1 aromatic carbocycles. The van der Waals surface area contributed by atoms with E-state index in [4.69, 9.17) is 4.42 Å². The Morgan fingerprint density at radius 2 is 1.82 bits per heavy atom. The van der Waals surface area contributed by atoms with Gasteiger partial charge < -0.3 is 15.1 Å². The van der Waals surface area contributed by atoms with Crippen molar-refractivity contribution in [1.29, 1.82) is 0 Å². The fourth-order valence-electron chi connectivity index (χ4n) is 2.66. The Hall–Kier alpha value is -2.92. The van der Waals surface area contributed by atoms with Gasteiger partial charge >= 0.3 is 5.76 Å². The van der Waals surface area contributed by atoms with Gasteiger partial charge in [0, 0.05) is 32.7 Å². The number of oxazole rings is 1. The van der Waals surface area contributed by atoms with Crippen LogP contribution in [0.4, 0.5) is 11.6 Å². The molecule has 2 heterocycles. The highest BCUT2D eigenvalue weighted by Crippen LogP contribution is 2.17. The molecule has 0 radical (unpaired) electrons. The molecule has 0 spiro atoms. The van der Waals surface area contributed by atoms with Crippen LogP contribution in [0, 0.1) is 6.92 Å². The highest BCUT2D eigenvalue weighted by atomic mass is 32.2. The van der Waals surface area contributed by atoms with Gasteiger partial charge in [-0.15, -0.1) is 0 Å². The molecule has 0 amide bonds. The van der Waals surface area contributed by atoms with Crippen molar-refractivity contribution >= 4 is 32.8 Å². The van der Waals surface area contributed by atoms with E-state index in [0.717, 1.165) is 6.54 Å². The summed E-state index contributed by atoms with van der Waals surface area (Å²) < 4.78 is 33.8. The maximum atomic E-state index is 12.5. The third kappa shape index (κ3) is 4.31. The lowest BCUT2D eigenvalue weighted by Gasteiger charge is -2.10. The summed E-state index contributed by atoms with van der Waals surface area (Å²) in [6.07, 6.45) is 0. The van der Waals surface area contributed by atoms with Crippen LogP contribution in [0.15, 0.2) is 38.4 Å². The third-order valence-corrected chi connectivity index (χ3v) is 5.45. The van der Waals surface area contributed by atoms with Gasteiger partial charge in [-0.25, -0.2) is 27.9 Å². The lowest BCUT2D eigenvalue weighted by atomic mass is 10.3. The van der Waals surface area contributed by atoms with Gasteiger partial charge in [0.05, 0.1) is 10.4 Å². The predicted octanol–water partition coefficient (Wildman–Crippen LogP) is 1.05. The highest BCUT2D eigenvalue weighted by molar-refractivity contribution is 7.89. The normalized spacial score (nSPS) is 11.7. The molecule has 3 N–H and O–H groups in total. The van der Waals surface area contributed by atoms with Crippen molar-refractivity contribution in [1.82, 2.24) is 19.3 Å². The van der Waals surface area contributed by atoms with Gasteiger partial charge in [0.15, 0.2) is 5.58 Å². The zero-order chi connectivity index (χ0) is 20.3. The van der Waals surface area contributed by atoms with Gasteiger partial charge in [-0.3, -0.25) is 4.57 Å². The first-order chi connectivity index (χ1) is 13.3. The minimum absolute atomic E-state index is 0.0590. The molecule has 0 atom stereocenters. The molecular weight excluding hydrogens is 384 g/mol. The van der Waals surface area contributed by atoms with Gasteiger partial charge in [-0.1, -0.05) is 0 Å². The van der Waals surface area contributed by atoms with Crippen LogP contribution in [-0.2, 0) is 17.1 Å². The predicted molar refractivity (Wildman–Crippen MR) is 106 cm³/mol. The van der Waals surface area contributed by atoms with Crippen LogP contribution in [0.2, 0.25) is 0 Å². The minimum Gasteiger partial charge on any atom is -0.408 e. The summed E-state index contributed by atoms with van der Waals surface area (Å²) >= 11 is 0. The van der Waals surface area contributed by atoms with E-state index < -0.39 is 15.8 Å². The monoisotopic (exact) mass is 406 g/mol. The summed E-state index contributed by atoms with van der Waals surface area (Å²) in [6, 6.07) is 6.04. The molecule has 0 aliphatic heterocycles. The van der Waals surface area contributed by atoms with Crippen LogP contribution in [0.5, 0.6) is 0 Å². The van der Waals surface area contributed by atoms with Crippen LogP contribution >= 0.6 is 0 Å². The lowest BCUT2D eigenvalue weighted by molar-refractivity contribution is 0.528. The Labute approximate surface area is 162 Å². The molecule has 0 bridgehead atoms. The first kappa shape index (κ1) is 19.8. The summed E-state index contributed by atoms with van der Waals surface area (Å²) in [5.41, 5.74) is 0.752. The molecule has 0 aliphatic carbocycles. The van der Waals surface area contributed by atoms with Gasteiger partial charge in [-0.2, -0.15) is 0 Å². The zero-order valence-electron chi connectivity index (χ0n) is 15.8. The van der Waals surface area contributed by atoms with Crippen molar-refractivity contribution < 1.29 is 12.8 Å². The number of fused-ring (bicyclic) bond motifs is 1. The number of sulfonamides is 1. The van der Waals surface area contributed by atoms with Crippen molar-refractivity contribution in [3.05, 3.63) is 40.6 Å². The molecule has 3 aromatic rings. The number of benzene rings is 1. The van der Waals surface area contributed by atoms with E-state index in [1.807, 2.05) is 6.92 Å². The fraction of sp³-hybridized carbons (Fsp3) is 0.353. The Morgan fingerprint density at radius 3 is 2.54 bits per heavy atom. The van der Waals surface area contributed by atoms with Crippen LogP contribution in [-0.4, -0.2) is 42.6 Å². The third-order valence-electron chi connectivity index (χ3n) is 3.99. The molecule has 0 unspecified atom stereocenters. The average Bonchev–Trinajstić information content (AvgIpc) is 2.92. The number of aryl methyl sites for hydroxylation is 2. The number of hydrogen-bond acceptors (Lipinski definition) is 8. The van der Waals surface area contributed by atoms with E-state index in [1.54, 1.807) is 13.0 Å². The number of aromatic nitrogens is 3. The summed E-state index contributed by atoms with van der Waals surface area (Å²) in [4.78, 5) is 20.1. The zero-order valence-corrected chi connectivity index (χ0v) is 16.6. The van der Waals surface area contributed by atoms with E-state index in [-0.39, 0.29) is 11.4 Å². The number of anilines is 2. The van der Waals surface area contributed by atoms with E-state index in [2.05, 4.69) is 25.3 Å². The van der Waals surface area contributed by atoms with Crippen LogP contribution in [0.1, 0.15) is 12.7 Å². The Morgan fingerprint density at radius 1 is 1.11 bits per heavy atom. The summed E-state index contributed by atoms with van der Waals surface area (Å²) in [7, 11) is -2.21. The second kappa shape index (κ2) is 7.98. The van der Waals surface area contributed by atoms with E-state index in [9.17, 15) is 13.2 Å². The molecule has 2 aromatic heterocycles. The standard InChI is InChI=1S/C17H22N6O4S/c1-4-18-15-10-16(22-11(2)21-15)19-7-8-20-28(25,26)12-5-6-14-13(9-12)23(3)17(24)27-14/h5-6,9-10,20H,4,7-8H2,1-3H3,(H2,18,19,21,22). The van der Waals surface area contributed by atoms with Crippen LogP contribution < -0.4 is 21.1 Å². The van der Waals surface area contributed by atoms with Crippen molar-refractivity contribution in [2.24, 2.45) is 7.05 Å². The Kier molecular flexibility index (Phi) is 5.66. The smallest absolute Gasteiger partial charge is 0.408 e. The molecule has 10 nitrogen and oxygen atoms in total. The van der Waals surface area contributed by atoms with Gasteiger partial charge in [0.2, 0.25) is 10.0 Å². The lowest BCUT2D eigenvalue weighted by Crippen LogP contribution is -2.29. The molecule has 0 aliphatic rings. The maximum absolute atomic E-state index is 12.5. The van der Waals surface area contributed by atoms with Gasteiger partial charge in [-0.05, 0) is 32.0 Å². The van der Waals surface area contributed by atoms with Gasteiger partial charge in [0.1, 0.15) is 17.5 Å². The van der Waals surface area contributed by atoms with Crippen LogP contribution in [0.25, 0.3) is 11.1 Å². The molecule has 0 fully saturated rings. The molecular formula is C17H22N6O4S. The highest BCUT2D eigenvalue weighted by Gasteiger charge is 2.16. The SMILES string of the molecule is CCNc1cc(NCCNS(=O)(=O)c2ccc3oc(=O)n(C)c3c2)nc(C)n1.